The lowest BCUT2D eigenvalue weighted by atomic mass is 10.0. The predicted molar refractivity (Wildman–Crippen MR) is 80.1 cm³/mol. The standard InChI is InChI=1S/C16H16FN3O3/c1-10-6-13(18-22-10)9-20(2)16(21)15-8-14(19-23-15)11-4-3-5-12(17)7-11/h3-7,15H,8-9H2,1-2H3/t15-/m1/s1. The molecule has 23 heavy (non-hydrogen) atoms. The molecular weight excluding hydrogens is 301 g/mol. The number of rotatable bonds is 4. The third kappa shape index (κ3) is 3.39. The Morgan fingerprint density at radius 2 is 2.26 bits per heavy atom. The lowest BCUT2D eigenvalue weighted by Crippen LogP contribution is -2.36. The van der Waals surface area contributed by atoms with Crippen molar-refractivity contribution in [2.45, 2.75) is 26.0 Å². The highest BCUT2D eigenvalue weighted by Gasteiger charge is 2.31. The fourth-order valence-electron chi connectivity index (χ4n) is 2.41. The number of carbonyl (C=O) groups excluding carboxylic acids is 1. The second kappa shape index (κ2) is 6.20. The zero-order valence-electron chi connectivity index (χ0n) is 12.8. The van der Waals surface area contributed by atoms with Gasteiger partial charge in [0, 0.05) is 25.1 Å². The number of nitrogens with zero attached hydrogens (tertiary/aromatic N) is 3. The number of oxime groups is 1. The first kappa shape index (κ1) is 15.2. The van der Waals surface area contributed by atoms with Crippen LogP contribution in [0.2, 0.25) is 0 Å². The van der Waals surface area contributed by atoms with Crippen LogP contribution in [0.15, 0.2) is 40.0 Å². The number of hydrogen-bond acceptors (Lipinski definition) is 5. The number of aryl methyl sites for hydroxylation is 1. The van der Waals surface area contributed by atoms with E-state index < -0.39 is 6.10 Å². The van der Waals surface area contributed by atoms with Gasteiger partial charge in [-0.1, -0.05) is 22.4 Å². The first-order valence-corrected chi connectivity index (χ1v) is 7.19. The number of carbonyl (C=O) groups is 1. The second-order valence-electron chi connectivity index (χ2n) is 5.47. The summed E-state index contributed by atoms with van der Waals surface area (Å²) in [5.74, 6) is 0.133. The van der Waals surface area contributed by atoms with Crippen LogP contribution in [0.4, 0.5) is 4.39 Å². The largest absolute Gasteiger partial charge is 0.382 e. The van der Waals surface area contributed by atoms with Gasteiger partial charge in [0.2, 0.25) is 6.10 Å². The number of hydrogen-bond donors (Lipinski definition) is 0. The smallest absolute Gasteiger partial charge is 0.267 e. The minimum Gasteiger partial charge on any atom is -0.382 e. The van der Waals surface area contributed by atoms with Crippen molar-refractivity contribution < 1.29 is 18.5 Å². The van der Waals surface area contributed by atoms with Gasteiger partial charge in [-0.05, 0) is 19.1 Å². The molecule has 0 aliphatic carbocycles. The van der Waals surface area contributed by atoms with Crippen LogP contribution >= 0.6 is 0 Å². The summed E-state index contributed by atoms with van der Waals surface area (Å²) in [4.78, 5) is 19.1. The third-order valence-corrected chi connectivity index (χ3v) is 3.55. The van der Waals surface area contributed by atoms with Crippen molar-refractivity contribution in [3.05, 3.63) is 53.2 Å². The Hall–Kier alpha value is -2.70. The lowest BCUT2D eigenvalue weighted by molar-refractivity contribution is -0.141. The molecule has 2 aromatic rings. The number of likely N-dealkylation sites (N-methyl/N-ethyl adjacent to an activating group) is 1. The van der Waals surface area contributed by atoms with Crippen LogP contribution in [0.5, 0.6) is 0 Å². The molecule has 0 N–H and O–H groups in total. The molecule has 0 radical (unpaired) electrons. The zero-order valence-corrected chi connectivity index (χ0v) is 12.8. The first-order chi connectivity index (χ1) is 11.0. The first-order valence-electron chi connectivity index (χ1n) is 7.19. The van der Waals surface area contributed by atoms with Crippen molar-refractivity contribution in [1.29, 1.82) is 0 Å². The third-order valence-electron chi connectivity index (χ3n) is 3.55. The van der Waals surface area contributed by atoms with Crippen molar-refractivity contribution >= 4 is 11.6 Å². The van der Waals surface area contributed by atoms with Crippen molar-refractivity contribution in [3.8, 4) is 0 Å². The Morgan fingerprint density at radius 1 is 1.43 bits per heavy atom. The Balaban J connectivity index is 1.62. The van der Waals surface area contributed by atoms with Gasteiger partial charge in [-0.3, -0.25) is 4.79 Å². The molecule has 1 aromatic carbocycles. The normalized spacial score (nSPS) is 16.8. The van der Waals surface area contributed by atoms with E-state index in [2.05, 4.69) is 10.3 Å². The molecule has 2 heterocycles. The minimum atomic E-state index is -0.703. The van der Waals surface area contributed by atoms with Gasteiger partial charge in [0.15, 0.2) is 0 Å². The van der Waals surface area contributed by atoms with Gasteiger partial charge >= 0.3 is 0 Å². The number of amides is 1. The van der Waals surface area contributed by atoms with Gasteiger partial charge in [0.05, 0.1) is 12.3 Å². The minimum absolute atomic E-state index is 0.208. The lowest BCUT2D eigenvalue weighted by Gasteiger charge is -2.18. The molecule has 7 heteroatoms. The summed E-state index contributed by atoms with van der Waals surface area (Å²) >= 11 is 0. The summed E-state index contributed by atoms with van der Waals surface area (Å²) in [5.41, 5.74) is 1.85. The monoisotopic (exact) mass is 317 g/mol. The van der Waals surface area contributed by atoms with Crippen LogP contribution in [-0.2, 0) is 16.2 Å². The Labute approximate surface area is 132 Å². The van der Waals surface area contributed by atoms with E-state index in [1.165, 1.54) is 17.0 Å². The Bertz CT molecular complexity index is 757. The molecule has 0 saturated carbocycles. The molecule has 1 aliphatic heterocycles. The molecule has 1 amide bonds. The van der Waals surface area contributed by atoms with E-state index in [1.54, 1.807) is 32.2 Å². The van der Waals surface area contributed by atoms with Crippen LogP contribution in [0, 0.1) is 12.7 Å². The maximum atomic E-state index is 13.3. The molecule has 0 unspecified atom stereocenters. The summed E-state index contributed by atoms with van der Waals surface area (Å²) in [6, 6.07) is 7.84. The van der Waals surface area contributed by atoms with E-state index in [0.717, 1.165) is 0 Å². The zero-order chi connectivity index (χ0) is 16.4. The van der Waals surface area contributed by atoms with Crippen LogP contribution in [0.25, 0.3) is 0 Å². The molecule has 1 aromatic heterocycles. The van der Waals surface area contributed by atoms with Crippen LogP contribution in [0.3, 0.4) is 0 Å². The highest BCUT2D eigenvalue weighted by atomic mass is 19.1. The average molecular weight is 317 g/mol. The fourth-order valence-corrected chi connectivity index (χ4v) is 2.41. The van der Waals surface area contributed by atoms with E-state index in [0.29, 0.717) is 35.7 Å². The Kier molecular flexibility index (Phi) is 4.10. The summed E-state index contributed by atoms with van der Waals surface area (Å²) in [7, 11) is 1.66. The molecule has 1 atom stereocenters. The van der Waals surface area contributed by atoms with Gasteiger partial charge < -0.3 is 14.3 Å². The SMILES string of the molecule is Cc1cc(CN(C)C(=O)[C@H]2CC(c3cccc(F)c3)=NO2)no1. The molecule has 0 fully saturated rings. The molecule has 120 valence electrons. The summed E-state index contributed by atoms with van der Waals surface area (Å²) < 4.78 is 18.2. The van der Waals surface area contributed by atoms with Crippen molar-refractivity contribution in [1.82, 2.24) is 10.1 Å². The quantitative estimate of drug-likeness (QED) is 0.867. The van der Waals surface area contributed by atoms with Crippen LogP contribution < -0.4 is 0 Å². The van der Waals surface area contributed by atoms with E-state index in [-0.39, 0.29) is 11.7 Å². The molecule has 0 bridgehead atoms. The van der Waals surface area contributed by atoms with Crippen molar-refractivity contribution in [3.63, 3.8) is 0 Å². The summed E-state index contributed by atoms with van der Waals surface area (Å²) in [6.07, 6.45) is -0.393. The summed E-state index contributed by atoms with van der Waals surface area (Å²) in [5, 5.41) is 7.77. The van der Waals surface area contributed by atoms with Gasteiger partial charge in [0.1, 0.15) is 17.3 Å². The molecule has 6 nitrogen and oxygen atoms in total. The number of benzene rings is 1. The molecule has 1 aliphatic rings. The second-order valence-corrected chi connectivity index (χ2v) is 5.47. The van der Waals surface area contributed by atoms with Gasteiger partial charge in [-0.15, -0.1) is 0 Å². The highest BCUT2D eigenvalue weighted by Crippen LogP contribution is 2.19. The van der Waals surface area contributed by atoms with E-state index in [4.69, 9.17) is 9.36 Å². The number of halogens is 1. The topological polar surface area (TPSA) is 67.9 Å². The molecule has 0 spiro atoms. The predicted octanol–water partition coefficient (Wildman–Crippen LogP) is 2.27. The fraction of sp³-hybridized carbons (Fsp3) is 0.312. The molecular formula is C16H16FN3O3. The van der Waals surface area contributed by atoms with Gasteiger partial charge in [0.25, 0.3) is 5.91 Å². The van der Waals surface area contributed by atoms with E-state index in [9.17, 15) is 9.18 Å². The van der Waals surface area contributed by atoms with E-state index in [1.807, 2.05) is 0 Å². The molecule has 0 saturated heterocycles. The summed E-state index contributed by atoms with van der Waals surface area (Å²) in [6.45, 7) is 2.11. The molecule has 3 rings (SSSR count). The van der Waals surface area contributed by atoms with Crippen molar-refractivity contribution in [2.75, 3.05) is 7.05 Å². The van der Waals surface area contributed by atoms with Gasteiger partial charge in [-0.2, -0.15) is 0 Å². The average Bonchev–Trinajstić information content (AvgIpc) is 3.16. The van der Waals surface area contributed by atoms with Crippen molar-refractivity contribution in [2.24, 2.45) is 5.16 Å². The Morgan fingerprint density at radius 3 is 2.96 bits per heavy atom. The van der Waals surface area contributed by atoms with Gasteiger partial charge in [-0.25, -0.2) is 4.39 Å². The maximum absolute atomic E-state index is 13.3. The highest BCUT2D eigenvalue weighted by molar-refractivity contribution is 6.04. The maximum Gasteiger partial charge on any atom is 0.267 e. The van der Waals surface area contributed by atoms with Crippen LogP contribution in [0.1, 0.15) is 23.4 Å². The van der Waals surface area contributed by atoms with Crippen LogP contribution in [-0.4, -0.2) is 34.8 Å². The van der Waals surface area contributed by atoms with E-state index >= 15 is 0 Å². The number of aromatic nitrogens is 1.